The highest BCUT2D eigenvalue weighted by atomic mass is 16.3. The summed E-state index contributed by atoms with van der Waals surface area (Å²) in [6, 6.07) is 0. The summed E-state index contributed by atoms with van der Waals surface area (Å²) in [5, 5.41) is 12.0. The van der Waals surface area contributed by atoms with Gasteiger partial charge in [0.05, 0.1) is 12.3 Å². The Morgan fingerprint density at radius 3 is 3.05 bits per heavy atom. The summed E-state index contributed by atoms with van der Waals surface area (Å²) in [7, 11) is 1.68. The Balaban J connectivity index is 2.01. The lowest BCUT2D eigenvalue weighted by atomic mass is 9.88. The van der Waals surface area contributed by atoms with Crippen LogP contribution in [0.5, 0.6) is 0 Å². The van der Waals surface area contributed by atoms with Gasteiger partial charge in [-0.2, -0.15) is 0 Å². The molecular formula is C15H24N4O2. The average molecular weight is 292 g/mol. The Hall–Kier alpha value is -1.53. The molecule has 1 fully saturated rings. The van der Waals surface area contributed by atoms with Gasteiger partial charge in [0.2, 0.25) is 5.91 Å². The van der Waals surface area contributed by atoms with Crippen LogP contribution in [0.1, 0.15) is 31.4 Å². The second-order valence-corrected chi connectivity index (χ2v) is 5.48. The predicted octanol–water partition coefficient (Wildman–Crippen LogP) is 0.372. The zero-order chi connectivity index (χ0) is 15.1. The highest BCUT2D eigenvalue weighted by molar-refractivity contribution is 5.86. The monoisotopic (exact) mass is 292 g/mol. The third kappa shape index (κ3) is 3.57. The maximum absolute atomic E-state index is 12.4. The topological polar surface area (TPSA) is 78.4 Å². The van der Waals surface area contributed by atoms with Gasteiger partial charge in [0.25, 0.3) is 0 Å². The van der Waals surface area contributed by atoms with Gasteiger partial charge in [-0.3, -0.25) is 19.7 Å². The van der Waals surface area contributed by atoms with E-state index in [0.29, 0.717) is 6.54 Å². The average Bonchev–Trinajstić information content (AvgIpc) is 2.92. The maximum atomic E-state index is 12.4. The van der Waals surface area contributed by atoms with Gasteiger partial charge in [-0.15, -0.1) is 0 Å². The van der Waals surface area contributed by atoms with E-state index in [0.717, 1.165) is 44.3 Å². The molecule has 1 aromatic heterocycles. The normalized spacial score (nSPS) is 22.4. The molecule has 1 amide bonds. The minimum atomic E-state index is -0.473. The summed E-state index contributed by atoms with van der Waals surface area (Å²) < 4.78 is 0. The number of likely N-dealkylation sites (N-methyl/N-ethyl adjacent to an activating group) is 1. The molecule has 1 atom stereocenters. The molecule has 0 spiro atoms. The molecule has 1 aliphatic heterocycles. The lowest BCUT2D eigenvalue weighted by Gasteiger charge is -2.36. The van der Waals surface area contributed by atoms with Crippen LogP contribution >= 0.6 is 0 Å². The highest BCUT2D eigenvalue weighted by Gasteiger charge is 2.45. The van der Waals surface area contributed by atoms with Gasteiger partial charge < -0.3 is 10.4 Å². The van der Waals surface area contributed by atoms with E-state index in [9.17, 15) is 9.90 Å². The van der Waals surface area contributed by atoms with E-state index >= 15 is 0 Å². The molecule has 0 bridgehead atoms. The van der Waals surface area contributed by atoms with Crippen molar-refractivity contribution in [3.63, 3.8) is 0 Å². The molecule has 0 aromatic carbocycles. The van der Waals surface area contributed by atoms with Gasteiger partial charge in [0.15, 0.2) is 0 Å². The van der Waals surface area contributed by atoms with E-state index in [-0.39, 0.29) is 12.5 Å². The molecule has 0 unspecified atom stereocenters. The number of aryl methyl sites for hydroxylation is 1. The summed E-state index contributed by atoms with van der Waals surface area (Å²) in [5.74, 6) is 0.0626. The Morgan fingerprint density at radius 1 is 1.52 bits per heavy atom. The number of amides is 1. The fourth-order valence-electron chi connectivity index (χ4n) is 3.29. The highest BCUT2D eigenvalue weighted by Crippen LogP contribution is 2.34. The number of nitrogens with one attached hydrogen (secondary N) is 1. The van der Waals surface area contributed by atoms with Gasteiger partial charge in [-0.25, -0.2) is 0 Å². The fraction of sp³-hybridized carbons (Fsp3) is 0.667. The number of nitrogens with zero attached hydrogens (tertiary/aromatic N) is 3. The maximum Gasteiger partial charge on any atom is 0.240 e. The van der Waals surface area contributed by atoms with Crippen LogP contribution in [0.3, 0.4) is 0 Å². The minimum absolute atomic E-state index is 0.0626. The van der Waals surface area contributed by atoms with Crippen LogP contribution in [-0.2, 0) is 11.2 Å². The summed E-state index contributed by atoms with van der Waals surface area (Å²) in [4.78, 5) is 22.9. The van der Waals surface area contributed by atoms with Gasteiger partial charge >= 0.3 is 0 Å². The molecule has 21 heavy (non-hydrogen) atoms. The third-order valence-corrected chi connectivity index (χ3v) is 4.28. The van der Waals surface area contributed by atoms with E-state index in [2.05, 4.69) is 20.2 Å². The smallest absolute Gasteiger partial charge is 0.240 e. The molecule has 2 rings (SSSR count). The van der Waals surface area contributed by atoms with Gasteiger partial charge in [-0.1, -0.05) is 0 Å². The Labute approximate surface area is 125 Å². The predicted molar refractivity (Wildman–Crippen MR) is 79.7 cm³/mol. The number of hydrogen-bond donors (Lipinski definition) is 2. The van der Waals surface area contributed by atoms with Gasteiger partial charge in [0, 0.05) is 32.2 Å². The van der Waals surface area contributed by atoms with E-state index < -0.39 is 5.54 Å². The van der Waals surface area contributed by atoms with Crippen molar-refractivity contribution < 1.29 is 9.90 Å². The molecule has 6 nitrogen and oxygen atoms in total. The van der Waals surface area contributed by atoms with E-state index in [4.69, 9.17) is 0 Å². The van der Waals surface area contributed by atoms with Crippen molar-refractivity contribution in [1.82, 2.24) is 20.2 Å². The largest absolute Gasteiger partial charge is 0.395 e. The summed E-state index contributed by atoms with van der Waals surface area (Å²) in [5.41, 5.74) is 0.482. The molecule has 2 N–H and O–H groups in total. The molecule has 1 aliphatic rings. The van der Waals surface area contributed by atoms with Crippen LogP contribution in [0.4, 0.5) is 0 Å². The summed E-state index contributed by atoms with van der Waals surface area (Å²) in [6.07, 6.45) is 9.46. The number of aliphatic hydroxyl groups is 1. The fourth-order valence-corrected chi connectivity index (χ4v) is 3.29. The zero-order valence-electron chi connectivity index (χ0n) is 12.6. The zero-order valence-corrected chi connectivity index (χ0v) is 12.6. The molecule has 1 saturated heterocycles. The minimum Gasteiger partial charge on any atom is -0.395 e. The number of hydrogen-bond acceptors (Lipinski definition) is 5. The van der Waals surface area contributed by atoms with Crippen LogP contribution < -0.4 is 5.32 Å². The molecule has 1 aromatic rings. The summed E-state index contributed by atoms with van der Waals surface area (Å²) >= 11 is 0. The molecular weight excluding hydrogens is 268 g/mol. The first-order chi connectivity index (χ1) is 10.2. The van der Waals surface area contributed by atoms with E-state index in [1.54, 1.807) is 25.6 Å². The molecule has 2 heterocycles. The van der Waals surface area contributed by atoms with E-state index in [1.807, 2.05) is 0 Å². The number of aliphatic hydroxyl groups excluding tert-OH is 1. The number of rotatable bonds is 7. The second-order valence-electron chi connectivity index (χ2n) is 5.48. The van der Waals surface area contributed by atoms with Crippen LogP contribution in [0.2, 0.25) is 0 Å². The Morgan fingerprint density at radius 2 is 2.38 bits per heavy atom. The molecule has 116 valence electrons. The number of carbonyl (C=O) groups excluding carboxylic acids is 1. The molecule has 0 saturated carbocycles. The van der Waals surface area contributed by atoms with Gasteiger partial charge in [0.1, 0.15) is 5.54 Å². The van der Waals surface area contributed by atoms with Crippen LogP contribution in [-0.4, -0.2) is 58.2 Å². The molecule has 0 aliphatic carbocycles. The van der Waals surface area contributed by atoms with Gasteiger partial charge in [-0.05, 0) is 38.6 Å². The van der Waals surface area contributed by atoms with Crippen molar-refractivity contribution >= 4 is 5.91 Å². The van der Waals surface area contributed by atoms with Crippen LogP contribution in [0, 0.1) is 0 Å². The second kappa shape index (κ2) is 7.47. The lowest BCUT2D eigenvalue weighted by molar-refractivity contribution is -0.132. The summed E-state index contributed by atoms with van der Waals surface area (Å²) in [6.45, 7) is 1.51. The first-order valence-corrected chi connectivity index (χ1v) is 7.56. The first kappa shape index (κ1) is 15.9. The third-order valence-electron chi connectivity index (χ3n) is 4.28. The van der Waals surface area contributed by atoms with Crippen LogP contribution in [0.15, 0.2) is 18.6 Å². The van der Waals surface area contributed by atoms with Crippen molar-refractivity contribution in [2.24, 2.45) is 0 Å². The quantitative estimate of drug-likeness (QED) is 0.759. The van der Waals surface area contributed by atoms with Crippen molar-refractivity contribution in [2.75, 3.05) is 26.7 Å². The molecule has 6 heteroatoms. The van der Waals surface area contributed by atoms with Crippen molar-refractivity contribution in [2.45, 2.75) is 37.6 Å². The first-order valence-electron chi connectivity index (χ1n) is 7.56. The number of aromatic nitrogens is 2. The SMILES string of the molecule is CNC(=O)[C@]1(CCCc2cnccn2)CCCN1CCO. The van der Waals surface area contributed by atoms with Crippen LogP contribution in [0.25, 0.3) is 0 Å². The Kier molecular flexibility index (Phi) is 5.64. The number of likely N-dealkylation sites (tertiary alicyclic amines) is 1. The molecule has 0 radical (unpaired) electrons. The van der Waals surface area contributed by atoms with Crippen molar-refractivity contribution in [3.8, 4) is 0 Å². The number of carbonyl (C=O) groups is 1. The Bertz CT molecular complexity index is 454. The van der Waals surface area contributed by atoms with Crippen molar-refractivity contribution in [1.29, 1.82) is 0 Å². The lowest BCUT2D eigenvalue weighted by Crippen LogP contribution is -2.55. The van der Waals surface area contributed by atoms with E-state index in [1.165, 1.54) is 0 Å². The number of β-amino-alcohol motifs (C(OH)–C–C–N with tert-alkyl or cyclic N) is 1. The van der Waals surface area contributed by atoms with Crippen molar-refractivity contribution in [3.05, 3.63) is 24.3 Å². The standard InChI is InChI=1S/C15H24N4O2/c1-16-14(21)15(6-3-9-19(15)10-11-20)5-2-4-13-12-17-7-8-18-13/h7-8,12,20H,2-6,9-11H2,1H3,(H,16,21)/t15-/m0/s1.